The molecule has 3 aliphatic heterocycles. The molecule has 16 amide bonds. The van der Waals surface area contributed by atoms with Crippen molar-refractivity contribution in [1.29, 1.82) is 0 Å². The van der Waals surface area contributed by atoms with Crippen LogP contribution >= 0.6 is 11.8 Å². The van der Waals surface area contributed by atoms with E-state index in [4.69, 9.17) is 11.5 Å². The van der Waals surface area contributed by atoms with E-state index in [0.29, 0.717) is 70.6 Å². The third-order valence-electron chi connectivity index (χ3n) is 24.2. The number of aliphatic carboxylic acids is 1. The molecule has 9 rings (SSSR count). The van der Waals surface area contributed by atoms with Crippen molar-refractivity contribution in [1.82, 2.24) is 97.6 Å². The van der Waals surface area contributed by atoms with Gasteiger partial charge in [0, 0.05) is 112 Å². The number of carboxylic acid groups (broad SMARTS) is 1. The Morgan fingerprint density at radius 3 is 1.69 bits per heavy atom. The number of thioether (sulfide) groups is 1. The second-order valence-corrected chi connectivity index (χ2v) is 35.7. The summed E-state index contributed by atoms with van der Waals surface area (Å²) in [6.07, 6.45) is 4.22. The number of aromatic nitrogens is 4. The fourth-order valence-corrected chi connectivity index (χ4v) is 17.6. The van der Waals surface area contributed by atoms with Crippen LogP contribution in [-0.4, -0.2) is 321 Å². The number of carboxylic acids is 1. The Balaban J connectivity index is 1.10. The first kappa shape index (κ1) is 105. The van der Waals surface area contributed by atoms with E-state index in [-0.39, 0.29) is 101 Å². The van der Waals surface area contributed by atoms with E-state index in [0.717, 1.165) is 31.4 Å². The highest BCUT2D eigenvalue weighted by atomic mass is 32.2. The van der Waals surface area contributed by atoms with E-state index in [2.05, 4.69) is 73.1 Å². The number of nitrogens with one attached hydrogen (secondary N) is 13. The van der Waals surface area contributed by atoms with Crippen LogP contribution in [0.15, 0.2) is 97.7 Å². The van der Waals surface area contributed by atoms with Crippen molar-refractivity contribution in [3.05, 3.63) is 120 Å². The number of para-hydroxylation sites is 2. The number of fused-ring (bicyclic) bond motifs is 4. The summed E-state index contributed by atoms with van der Waals surface area (Å²) in [5.41, 5.74) is 14.3. The third kappa shape index (κ3) is 28.8. The number of phenolic OH excluding ortho intramolecular Hbond substituents is 1. The van der Waals surface area contributed by atoms with Gasteiger partial charge in [-0.3, -0.25) is 81.5 Å². The van der Waals surface area contributed by atoms with Crippen molar-refractivity contribution < 1.29 is 102 Å². The highest BCUT2D eigenvalue weighted by Gasteiger charge is 2.47. The lowest BCUT2D eigenvalue weighted by Gasteiger charge is -2.36. The smallest absolute Gasteiger partial charge is 0.305 e. The maximum Gasteiger partial charge on any atom is 0.305 e. The number of primary amides is 1. The van der Waals surface area contributed by atoms with Crippen LogP contribution in [0.25, 0.3) is 21.8 Å². The minimum atomic E-state index is -1.90. The molecule has 0 bridgehead atoms. The van der Waals surface area contributed by atoms with Crippen LogP contribution in [-0.2, 0) is 107 Å². The topological polar surface area (TPSA) is 620 Å². The second kappa shape index (κ2) is 50.2. The molecule has 0 saturated carbocycles. The number of aliphatic hydroxyl groups is 2. The first-order valence-corrected chi connectivity index (χ1v) is 46.4. The Labute approximate surface area is 779 Å². The minimum absolute atomic E-state index is 0.00756. The number of nitrogens with zero attached hydrogens (tertiary/aromatic N) is 6. The largest absolute Gasteiger partial charge is 0.508 e. The molecule has 728 valence electrons. The number of aromatic hydroxyl groups is 1. The average Bonchev–Trinajstić information content (AvgIpc) is 1.46. The van der Waals surface area contributed by atoms with E-state index < -0.39 is 235 Å². The fourth-order valence-electron chi connectivity index (χ4n) is 16.7. The summed E-state index contributed by atoms with van der Waals surface area (Å²) in [6, 6.07) is -2.23. The van der Waals surface area contributed by atoms with Crippen LogP contribution in [0, 0.1) is 5.92 Å². The van der Waals surface area contributed by atoms with Crippen LogP contribution in [0.5, 0.6) is 5.75 Å². The molecule has 0 aliphatic carbocycles. The summed E-state index contributed by atoms with van der Waals surface area (Å²) >= 11 is 0.777. The molecule has 21 N–H and O–H groups in total. The van der Waals surface area contributed by atoms with Gasteiger partial charge in [0.25, 0.3) is 0 Å². The number of carbonyl (C=O) groups is 17. The van der Waals surface area contributed by atoms with E-state index >= 15 is 38.4 Å². The number of unbranched alkanes of at least 4 members (excludes halogenated alkanes) is 3. The molecule has 6 heterocycles. The molecule has 3 aromatic carbocycles. The third-order valence-corrected chi connectivity index (χ3v) is 25.3. The highest BCUT2D eigenvalue weighted by molar-refractivity contribution is 8.00. The van der Waals surface area contributed by atoms with Gasteiger partial charge in [-0.25, -0.2) is 4.98 Å². The molecule has 0 unspecified atom stereocenters. The van der Waals surface area contributed by atoms with Crippen molar-refractivity contribution in [3.8, 4) is 5.75 Å². The van der Waals surface area contributed by atoms with E-state index in [1.54, 1.807) is 74.8 Å². The monoisotopic (exact) mass is 1880 g/mol. The normalized spacial score (nSPS) is 24.9. The van der Waals surface area contributed by atoms with Gasteiger partial charge < -0.3 is 125 Å². The maximum atomic E-state index is 15.7. The Morgan fingerprint density at radius 1 is 0.560 bits per heavy atom. The fraction of sp³-hybridized carbons (Fsp3) is 0.538. The Bertz CT molecular complexity index is 5130. The van der Waals surface area contributed by atoms with Crippen molar-refractivity contribution >= 4 is 134 Å². The summed E-state index contributed by atoms with van der Waals surface area (Å²) in [7, 11) is 3.92. The minimum Gasteiger partial charge on any atom is -0.508 e. The molecular weight excluding hydrogens is 1760 g/mol. The number of hydrogen-bond acceptors (Lipinski definition) is 23. The first-order chi connectivity index (χ1) is 63.9. The lowest BCUT2D eigenvalue weighted by molar-refractivity contribution is -0.149. The number of hydrogen-bond donors (Lipinski definition) is 19. The lowest BCUT2D eigenvalue weighted by atomic mass is 10.00. The Morgan fingerprint density at radius 2 is 1.10 bits per heavy atom. The average molecular weight is 1880 g/mol. The lowest BCUT2D eigenvalue weighted by Crippen LogP contribution is -2.62. The number of benzene rings is 3. The first-order valence-electron chi connectivity index (χ1n) is 45.3. The number of H-pyrrole nitrogens is 3. The molecule has 134 heavy (non-hydrogen) atoms. The molecule has 3 fully saturated rings. The van der Waals surface area contributed by atoms with Gasteiger partial charge in [-0.2, -0.15) is 0 Å². The second-order valence-electron chi connectivity index (χ2n) is 34.7. The Kier molecular flexibility index (Phi) is 39.2. The van der Waals surface area contributed by atoms with Crippen LogP contribution in [0.4, 0.5) is 0 Å². The molecular formula is C91H127N21O21S. The predicted octanol–water partition coefficient (Wildman–Crippen LogP) is -1.46. The molecule has 0 spiro atoms. The van der Waals surface area contributed by atoms with E-state index in [1.807, 2.05) is 13.8 Å². The SMILES string of the molecule is CCCC[C@H]1C(=O)N(C)[C@@H](CCCC)C(=O)N[C@@H](CCCCN)C(=O)N[C@H](C(=O)NCC(N)=O)CSCC(=O)N[C@@H](Cc2ccc(O)cc2)C(=O)N(C)[C@@H](C)C(=O)N[C@H](CC(=O)O)C(=O)N2CCC[C@H]2C(=O)N[C@@H](Cc2c[nH]cn2)C(=O)N[C@@H](CC(C)C)C(=O)N2C[C@H](O)C[C@H]2C(=O)N[C@@H](Cc2c[nH]c3ccccc23)C(=O)N[C@@H](CO)C(=O)N[C@@H](Cc2c[nH]c3ccccc23)C(=O)N1C. The van der Waals surface area contributed by atoms with Crippen molar-refractivity contribution in [2.45, 2.75) is 241 Å². The number of aromatic amines is 3. The summed E-state index contributed by atoms with van der Waals surface area (Å²) in [6.45, 7) is 6.16. The van der Waals surface area contributed by atoms with Gasteiger partial charge in [0.1, 0.15) is 90.3 Å². The number of likely N-dealkylation sites (N-methyl/N-ethyl adjacent to an activating group) is 3. The molecule has 15 atom stereocenters. The molecule has 6 aromatic rings. The van der Waals surface area contributed by atoms with Crippen LogP contribution in [0.3, 0.4) is 0 Å². The van der Waals surface area contributed by atoms with Crippen molar-refractivity contribution in [3.63, 3.8) is 0 Å². The van der Waals surface area contributed by atoms with Gasteiger partial charge in [-0.15, -0.1) is 11.8 Å². The molecule has 43 heteroatoms. The zero-order valence-corrected chi connectivity index (χ0v) is 77.4. The van der Waals surface area contributed by atoms with Crippen molar-refractivity contribution in [2.24, 2.45) is 17.4 Å². The number of rotatable bonds is 26. The number of amides is 16. The number of phenols is 1. The predicted molar refractivity (Wildman–Crippen MR) is 492 cm³/mol. The molecule has 0 radical (unpaired) electrons. The van der Waals surface area contributed by atoms with Crippen LogP contribution in [0.1, 0.15) is 147 Å². The number of aliphatic hydroxyl groups excluding tert-OH is 2. The molecule has 42 nitrogen and oxygen atoms in total. The van der Waals surface area contributed by atoms with Crippen LogP contribution < -0.4 is 64.6 Å². The Hall–Kier alpha value is -13.0. The van der Waals surface area contributed by atoms with Gasteiger partial charge >= 0.3 is 5.97 Å². The maximum absolute atomic E-state index is 15.7. The standard InChI is InChI=1S/C91H127N21O21S/c1-9-11-25-71-84(126)100-62(24-17-18-32-92)80(122)107-70(79(121)97-44-75(93)116)47-134-48-76(117)99-66(35-52-28-30-56(114)31-29-52)87(129)108(6)51(5)78(120)103-68(40-77(118)119)89(131)111-33-19-27-72(111)85(127)102-64(38-55-43-94-49-98-55)82(124)104-65(34-50(3)4)90(132)112-45-57(115)39-74(112)86(128)101-63(36-53-41-95-60-22-15-13-20-58(53)60)81(123)106-69(46-113)83(125)105-67(37-54-42-96-61-23-16-14-21-59(54)61)88(130)110(8)73(26-12-10-2)91(133)109(71)7/h13-16,20-23,28-31,41-43,49-51,57,62-74,95-96,113-115H,9-12,17-19,24-27,32-40,44-48,92H2,1-8H3,(H2,93,116)(H,94,98)(H,97,121)(H,99,117)(H,100,126)(H,101,128)(H,102,127)(H,103,120)(H,104,124)(H,105,125)(H,106,123)(H,107,122)(H,118,119)/t51-,57+,62-,63-,64-,65-,66-,67-,68+,69-,70-,71-,72-,73-,74-/m0/s1. The van der Waals surface area contributed by atoms with E-state index in [1.165, 1.54) is 69.8 Å². The molecule has 3 saturated heterocycles. The van der Waals surface area contributed by atoms with Gasteiger partial charge in [0.05, 0.1) is 43.5 Å². The quantitative estimate of drug-likeness (QED) is 0.0276. The van der Waals surface area contributed by atoms with Gasteiger partial charge in [0.15, 0.2) is 0 Å². The molecule has 3 aliphatic rings. The number of imidazole rings is 1. The number of carbonyl (C=O) groups excluding carboxylic acids is 16. The zero-order chi connectivity index (χ0) is 97.7. The molecule has 3 aromatic heterocycles. The van der Waals surface area contributed by atoms with Gasteiger partial charge in [0.2, 0.25) is 94.5 Å². The van der Waals surface area contributed by atoms with Gasteiger partial charge in [-0.1, -0.05) is 102 Å². The van der Waals surface area contributed by atoms with E-state index in [9.17, 15) is 63.6 Å². The summed E-state index contributed by atoms with van der Waals surface area (Å²) in [5.74, 6) is -18.1. The summed E-state index contributed by atoms with van der Waals surface area (Å²) < 4.78 is 0. The van der Waals surface area contributed by atoms with Crippen LogP contribution in [0.2, 0.25) is 0 Å². The summed E-state index contributed by atoms with van der Waals surface area (Å²) in [5, 5.41) is 70.9. The highest BCUT2D eigenvalue weighted by Crippen LogP contribution is 2.28. The van der Waals surface area contributed by atoms with Gasteiger partial charge in [-0.05, 0) is 112 Å². The summed E-state index contributed by atoms with van der Waals surface area (Å²) in [4.78, 5) is 269. The zero-order valence-electron chi connectivity index (χ0n) is 76.6. The van der Waals surface area contributed by atoms with Crippen molar-refractivity contribution in [2.75, 3.05) is 65.4 Å². The number of nitrogens with two attached hydrogens (primary N) is 2.